The van der Waals surface area contributed by atoms with Crippen molar-refractivity contribution in [3.8, 4) is 0 Å². The van der Waals surface area contributed by atoms with Crippen molar-refractivity contribution in [1.29, 1.82) is 0 Å². The summed E-state index contributed by atoms with van der Waals surface area (Å²) in [7, 11) is 0. The maximum Gasteiger partial charge on any atom is 0.246 e. The number of hydrogen-bond donors (Lipinski definition) is 1. The molecule has 20 heavy (non-hydrogen) atoms. The molecule has 3 aliphatic rings. The summed E-state index contributed by atoms with van der Waals surface area (Å²) in [6, 6.07) is -0.589. The summed E-state index contributed by atoms with van der Waals surface area (Å²) >= 11 is 0. The zero-order valence-electron chi connectivity index (χ0n) is 13.2. The topological polar surface area (TPSA) is 49.4 Å². The lowest BCUT2D eigenvalue weighted by Crippen LogP contribution is -2.63. The Morgan fingerprint density at radius 3 is 2.15 bits per heavy atom. The van der Waals surface area contributed by atoms with Crippen molar-refractivity contribution in [1.82, 2.24) is 10.2 Å². The van der Waals surface area contributed by atoms with Gasteiger partial charge in [-0.3, -0.25) is 9.59 Å². The van der Waals surface area contributed by atoms with Crippen molar-refractivity contribution in [3.63, 3.8) is 0 Å². The molecular formula is C16H26N2O2. The number of rotatable bonds is 3. The molecule has 1 saturated heterocycles. The number of nitrogens with zero attached hydrogens (tertiary/aromatic N) is 1. The van der Waals surface area contributed by atoms with E-state index < -0.39 is 0 Å². The molecule has 4 heteroatoms. The van der Waals surface area contributed by atoms with E-state index >= 15 is 0 Å². The minimum Gasteiger partial charge on any atom is -0.342 e. The Hall–Kier alpha value is -1.06. The van der Waals surface area contributed by atoms with E-state index in [0.717, 1.165) is 19.4 Å². The van der Waals surface area contributed by atoms with Gasteiger partial charge in [-0.1, -0.05) is 27.7 Å². The highest BCUT2D eigenvalue weighted by Gasteiger charge is 2.65. The molecule has 0 bridgehead atoms. The van der Waals surface area contributed by atoms with Crippen LogP contribution in [0.2, 0.25) is 0 Å². The number of carbonyl (C=O) groups excluding carboxylic acids is 2. The molecule has 2 saturated carbocycles. The van der Waals surface area contributed by atoms with Gasteiger partial charge in [0, 0.05) is 6.54 Å². The number of piperazine rings is 1. The highest BCUT2D eigenvalue weighted by molar-refractivity contribution is 5.97. The molecule has 112 valence electrons. The second-order valence-corrected chi connectivity index (χ2v) is 7.99. The Morgan fingerprint density at radius 2 is 1.70 bits per heavy atom. The van der Waals surface area contributed by atoms with Crippen molar-refractivity contribution in [2.24, 2.45) is 22.7 Å². The molecule has 0 radical (unpaired) electrons. The predicted molar refractivity (Wildman–Crippen MR) is 76.9 cm³/mol. The summed E-state index contributed by atoms with van der Waals surface area (Å²) in [6.45, 7) is 11.6. The van der Waals surface area contributed by atoms with Crippen LogP contribution in [0.5, 0.6) is 0 Å². The van der Waals surface area contributed by atoms with Crippen LogP contribution in [0.3, 0.4) is 0 Å². The summed E-state index contributed by atoms with van der Waals surface area (Å²) in [4.78, 5) is 26.6. The highest BCUT2D eigenvalue weighted by Crippen LogP contribution is 2.68. The Bertz CT molecular complexity index is 451. The predicted octanol–water partition coefficient (Wildman–Crippen LogP) is 1.79. The monoisotopic (exact) mass is 278 g/mol. The first-order chi connectivity index (χ1) is 9.18. The normalized spacial score (nSPS) is 36.0. The smallest absolute Gasteiger partial charge is 0.246 e. The van der Waals surface area contributed by atoms with Gasteiger partial charge in [-0.05, 0) is 42.4 Å². The summed E-state index contributed by atoms with van der Waals surface area (Å²) in [5, 5.41) is 2.91. The van der Waals surface area contributed by atoms with E-state index in [2.05, 4.69) is 33.0 Å². The lowest BCUT2D eigenvalue weighted by Gasteiger charge is -2.38. The van der Waals surface area contributed by atoms with Crippen LogP contribution in [-0.4, -0.2) is 35.3 Å². The van der Waals surface area contributed by atoms with Gasteiger partial charge < -0.3 is 10.2 Å². The molecule has 2 amide bonds. The fraction of sp³-hybridized carbons (Fsp3) is 0.875. The van der Waals surface area contributed by atoms with Crippen molar-refractivity contribution in [3.05, 3.63) is 0 Å². The summed E-state index contributed by atoms with van der Waals surface area (Å²) in [5.41, 5.74) is 0.492. The molecule has 2 aliphatic carbocycles. The SMILES string of the molecule is CC1C(=O)NC(C2CC2)C(=O)N1CC1C(C)(C)C1(C)C. The van der Waals surface area contributed by atoms with Crippen LogP contribution in [-0.2, 0) is 9.59 Å². The number of nitrogens with one attached hydrogen (secondary N) is 1. The van der Waals surface area contributed by atoms with Crippen LogP contribution in [0.25, 0.3) is 0 Å². The molecule has 0 aromatic carbocycles. The van der Waals surface area contributed by atoms with Crippen molar-refractivity contribution >= 4 is 11.8 Å². The summed E-state index contributed by atoms with van der Waals surface area (Å²) in [6.07, 6.45) is 2.14. The molecule has 1 aliphatic heterocycles. The standard InChI is InChI=1S/C16H26N2O2/c1-9-13(19)17-12(10-6-7-10)14(20)18(9)8-11-15(2,3)16(11,4)5/h9-12H,6-8H2,1-5H3,(H,17,19). The van der Waals surface area contributed by atoms with Crippen LogP contribution < -0.4 is 5.32 Å². The third-order valence-electron chi connectivity index (χ3n) is 6.49. The third-order valence-corrected chi connectivity index (χ3v) is 6.49. The van der Waals surface area contributed by atoms with E-state index in [1.807, 2.05) is 11.8 Å². The average molecular weight is 278 g/mol. The Balaban J connectivity index is 1.77. The van der Waals surface area contributed by atoms with Gasteiger partial charge >= 0.3 is 0 Å². The minimum absolute atomic E-state index is 0.0118. The third kappa shape index (κ3) is 1.80. The van der Waals surface area contributed by atoms with Gasteiger partial charge in [-0.25, -0.2) is 0 Å². The molecule has 0 aromatic heterocycles. The van der Waals surface area contributed by atoms with Gasteiger partial charge in [0.15, 0.2) is 0 Å². The molecule has 1 N–H and O–H groups in total. The van der Waals surface area contributed by atoms with E-state index in [4.69, 9.17) is 0 Å². The lowest BCUT2D eigenvalue weighted by molar-refractivity contribution is -0.149. The molecule has 3 fully saturated rings. The van der Waals surface area contributed by atoms with Crippen molar-refractivity contribution in [2.45, 2.75) is 59.5 Å². The van der Waals surface area contributed by atoms with E-state index in [1.54, 1.807) is 0 Å². The molecule has 1 heterocycles. The fourth-order valence-corrected chi connectivity index (χ4v) is 3.83. The van der Waals surface area contributed by atoms with E-state index in [9.17, 15) is 9.59 Å². The van der Waals surface area contributed by atoms with E-state index in [1.165, 1.54) is 0 Å². The second-order valence-electron chi connectivity index (χ2n) is 7.99. The van der Waals surface area contributed by atoms with E-state index in [-0.39, 0.29) is 34.7 Å². The summed E-state index contributed by atoms with van der Waals surface area (Å²) in [5.74, 6) is 1.00. The molecule has 2 unspecified atom stereocenters. The maximum absolute atomic E-state index is 12.7. The maximum atomic E-state index is 12.7. The molecule has 4 nitrogen and oxygen atoms in total. The molecule has 0 spiro atoms. The first-order valence-corrected chi connectivity index (χ1v) is 7.79. The Morgan fingerprint density at radius 1 is 1.15 bits per heavy atom. The van der Waals surface area contributed by atoms with Gasteiger partial charge in [-0.2, -0.15) is 0 Å². The van der Waals surface area contributed by atoms with Gasteiger partial charge in [0.05, 0.1) is 0 Å². The molecule has 0 aromatic rings. The van der Waals surface area contributed by atoms with Gasteiger partial charge in [0.2, 0.25) is 11.8 Å². The van der Waals surface area contributed by atoms with Crippen LogP contribution in [0.4, 0.5) is 0 Å². The Kier molecular flexibility index (Phi) is 2.77. The number of amides is 2. The zero-order chi connectivity index (χ0) is 14.9. The second kappa shape index (κ2) is 3.99. The van der Waals surface area contributed by atoms with Crippen LogP contribution in [0.1, 0.15) is 47.5 Å². The first kappa shape index (κ1) is 13.9. The quantitative estimate of drug-likeness (QED) is 0.855. The lowest BCUT2D eigenvalue weighted by atomic mass is 10.0. The van der Waals surface area contributed by atoms with Gasteiger partial charge in [0.1, 0.15) is 12.1 Å². The van der Waals surface area contributed by atoms with Crippen molar-refractivity contribution in [2.75, 3.05) is 6.54 Å². The highest BCUT2D eigenvalue weighted by atomic mass is 16.2. The molecular weight excluding hydrogens is 252 g/mol. The Labute approximate surface area is 121 Å². The minimum atomic E-state index is -0.329. The summed E-state index contributed by atoms with van der Waals surface area (Å²) < 4.78 is 0. The van der Waals surface area contributed by atoms with Crippen molar-refractivity contribution < 1.29 is 9.59 Å². The van der Waals surface area contributed by atoms with Crippen LogP contribution >= 0.6 is 0 Å². The zero-order valence-corrected chi connectivity index (χ0v) is 13.2. The number of hydrogen-bond acceptors (Lipinski definition) is 2. The molecule has 2 atom stereocenters. The van der Waals surface area contributed by atoms with Crippen LogP contribution in [0, 0.1) is 22.7 Å². The van der Waals surface area contributed by atoms with E-state index in [0.29, 0.717) is 11.8 Å². The van der Waals surface area contributed by atoms with Crippen LogP contribution in [0.15, 0.2) is 0 Å². The first-order valence-electron chi connectivity index (χ1n) is 7.79. The largest absolute Gasteiger partial charge is 0.342 e. The molecule has 3 rings (SSSR count). The average Bonchev–Trinajstić information content (AvgIpc) is 3.22. The fourth-order valence-electron chi connectivity index (χ4n) is 3.83. The van der Waals surface area contributed by atoms with Gasteiger partial charge in [-0.15, -0.1) is 0 Å². The number of carbonyl (C=O) groups is 2. The van der Waals surface area contributed by atoms with Gasteiger partial charge in [0.25, 0.3) is 0 Å².